The number of carboxylic acids is 1. The minimum absolute atomic E-state index is 0.0713. The van der Waals surface area contributed by atoms with Gasteiger partial charge in [0.05, 0.1) is 6.61 Å². The minimum Gasteiger partial charge on any atom is -0.480 e. The van der Waals surface area contributed by atoms with Crippen molar-refractivity contribution in [2.24, 2.45) is 5.73 Å². The van der Waals surface area contributed by atoms with E-state index in [9.17, 15) is 4.79 Å². The summed E-state index contributed by atoms with van der Waals surface area (Å²) < 4.78 is 0. The van der Waals surface area contributed by atoms with E-state index in [-0.39, 0.29) is 13.0 Å². The van der Waals surface area contributed by atoms with Gasteiger partial charge in [-0.3, -0.25) is 4.79 Å². The first-order valence-electron chi connectivity index (χ1n) is 3.32. The summed E-state index contributed by atoms with van der Waals surface area (Å²) >= 11 is 0. The molecule has 0 fully saturated rings. The number of aliphatic hydroxyl groups is 1. The van der Waals surface area contributed by atoms with Crippen LogP contribution in [0, 0.1) is 0 Å². The topological polar surface area (TPSA) is 83.5 Å². The second-order valence-corrected chi connectivity index (χ2v) is 2.38. The van der Waals surface area contributed by atoms with Crippen LogP contribution in [0.2, 0.25) is 0 Å². The summed E-state index contributed by atoms with van der Waals surface area (Å²) in [6.45, 7) is 1.66. The summed E-state index contributed by atoms with van der Waals surface area (Å²) in [7, 11) is 0. The van der Waals surface area contributed by atoms with Gasteiger partial charge < -0.3 is 15.9 Å². The normalized spacial score (nSPS) is 14.6. The highest BCUT2D eigenvalue weighted by Gasteiger charge is 2.10. The maximum absolute atomic E-state index is 10.2. The fourth-order valence-electron chi connectivity index (χ4n) is 0.673. The highest BCUT2D eigenvalue weighted by atomic mass is 16.4. The lowest BCUT2D eigenvalue weighted by molar-refractivity contribution is -0.138. The van der Waals surface area contributed by atoms with Crippen molar-refractivity contribution in [2.75, 3.05) is 6.61 Å². The zero-order chi connectivity index (χ0) is 8.85. The number of hydrogen-bond donors (Lipinski definition) is 3. The summed E-state index contributed by atoms with van der Waals surface area (Å²) in [5.74, 6) is -1.02. The second-order valence-electron chi connectivity index (χ2n) is 2.38. The number of aliphatic hydroxyl groups excluding tert-OH is 1. The van der Waals surface area contributed by atoms with Gasteiger partial charge in [-0.1, -0.05) is 11.6 Å². The van der Waals surface area contributed by atoms with Crippen LogP contribution in [0.3, 0.4) is 0 Å². The van der Waals surface area contributed by atoms with Crippen LogP contribution >= 0.6 is 0 Å². The van der Waals surface area contributed by atoms with Crippen LogP contribution in [-0.4, -0.2) is 28.8 Å². The molecule has 64 valence electrons. The van der Waals surface area contributed by atoms with Crippen LogP contribution in [-0.2, 0) is 4.79 Å². The van der Waals surface area contributed by atoms with E-state index in [1.54, 1.807) is 13.0 Å². The number of aliphatic carboxylic acids is 1. The van der Waals surface area contributed by atoms with Crippen molar-refractivity contribution in [2.45, 2.75) is 19.4 Å². The predicted molar refractivity (Wildman–Crippen MR) is 41.1 cm³/mol. The molecule has 0 aliphatic heterocycles. The number of rotatable bonds is 4. The molecule has 0 aliphatic rings. The number of carbonyl (C=O) groups is 1. The van der Waals surface area contributed by atoms with Gasteiger partial charge in [0.2, 0.25) is 0 Å². The van der Waals surface area contributed by atoms with Crippen molar-refractivity contribution < 1.29 is 15.0 Å². The molecule has 0 radical (unpaired) electrons. The summed E-state index contributed by atoms with van der Waals surface area (Å²) in [5.41, 5.74) is 6.02. The third kappa shape index (κ3) is 4.52. The standard InChI is InChI=1S/C7H13NO3/c1-5(2-3-9)4-6(8)7(10)11/h2,6,9H,3-4,8H2,1H3,(H,10,11). The number of carboxylic acid groups (broad SMARTS) is 1. The van der Waals surface area contributed by atoms with Gasteiger partial charge in [0.1, 0.15) is 6.04 Å². The van der Waals surface area contributed by atoms with Gasteiger partial charge in [-0.25, -0.2) is 0 Å². The Bertz CT molecular complexity index is 165. The molecule has 0 spiro atoms. The van der Waals surface area contributed by atoms with Crippen molar-refractivity contribution in [3.63, 3.8) is 0 Å². The quantitative estimate of drug-likeness (QED) is 0.493. The highest BCUT2D eigenvalue weighted by Crippen LogP contribution is 2.01. The first-order chi connectivity index (χ1) is 5.07. The second kappa shape index (κ2) is 4.87. The molecular weight excluding hydrogens is 146 g/mol. The summed E-state index contributed by atoms with van der Waals surface area (Å²) in [6.07, 6.45) is 1.83. The Hall–Kier alpha value is -0.870. The number of hydrogen-bond acceptors (Lipinski definition) is 3. The molecule has 1 atom stereocenters. The Morgan fingerprint density at radius 2 is 2.27 bits per heavy atom. The molecule has 0 aromatic rings. The average molecular weight is 159 g/mol. The van der Waals surface area contributed by atoms with Crippen LogP contribution in [0.25, 0.3) is 0 Å². The number of nitrogens with two attached hydrogens (primary N) is 1. The zero-order valence-corrected chi connectivity index (χ0v) is 6.45. The lowest BCUT2D eigenvalue weighted by Crippen LogP contribution is -2.30. The Kier molecular flexibility index (Phi) is 4.49. The van der Waals surface area contributed by atoms with Gasteiger partial charge in [0.15, 0.2) is 0 Å². The van der Waals surface area contributed by atoms with Gasteiger partial charge in [-0.2, -0.15) is 0 Å². The molecule has 0 heterocycles. The third-order valence-corrected chi connectivity index (χ3v) is 1.30. The van der Waals surface area contributed by atoms with Gasteiger partial charge in [0.25, 0.3) is 0 Å². The molecule has 0 aromatic carbocycles. The summed E-state index contributed by atoms with van der Waals surface area (Å²) in [5, 5.41) is 16.8. The van der Waals surface area contributed by atoms with Crippen molar-refractivity contribution in [3.05, 3.63) is 11.6 Å². The van der Waals surface area contributed by atoms with E-state index in [4.69, 9.17) is 15.9 Å². The van der Waals surface area contributed by atoms with Gasteiger partial charge in [0, 0.05) is 0 Å². The summed E-state index contributed by atoms with van der Waals surface area (Å²) in [4.78, 5) is 10.2. The molecule has 4 N–H and O–H groups in total. The molecule has 4 heteroatoms. The third-order valence-electron chi connectivity index (χ3n) is 1.30. The van der Waals surface area contributed by atoms with E-state index < -0.39 is 12.0 Å². The van der Waals surface area contributed by atoms with E-state index in [1.165, 1.54) is 0 Å². The first-order valence-corrected chi connectivity index (χ1v) is 3.32. The Balaban J connectivity index is 3.84. The maximum Gasteiger partial charge on any atom is 0.320 e. The molecule has 11 heavy (non-hydrogen) atoms. The lowest BCUT2D eigenvalue weighted by atomic mass is 10.1. The Morgan fingerprint density at radius 3 is 2.64 bits per heavy atom. The molecule has 4 nitrogen and oxygen atoms in total. The molecule has 0 aliphatic carbocycles. The van der Waals surface area contributed by atoms with E-state index in [1.807, 2.05) is 0 Å². The largest absolute Gasteiger partial charge is 0.480 e. The van der Waals surface area contributed by atoms with E-state index in [0.29, 0.717) is 0 Å². The predicted octanol–water partition coefficient (Wildman–Crippen LogP) is -0.273. The molecule has 0 bridgehead atoms. The minimum atomic E-state index is -1.02. The van der Waals surface area contributed by atoms with Crippen LogP contribution < -0.4 is 5.73 Å². The lowest BCUT2D eigenvalue weighted by Gasteiger charge is -2.05. The smallest absolute Gasteiger partial charge is 0.320 e. The Morgan fingerprint density at radius 1 is 1.73 bits per heavy atom. The molecule has 1 unspecified atom stereocenters. The average Bonchev–Trinajstić information content (AvgIpc) is 1.87. The van der Waals surface area contributed by atoms with Crippen LogP contribution in [0.1, 0.15) is 13.3 Å². The SMILES string of the molecule is CC(=CCO)CC(N)C(=O)O. The fourth-order valence-corrected chi connectivity index (χ4v) is 0.673. The van der Waals surface area contributed by atoms with E-state index in [0.717, 1.165) is 5.57 Å². The molecule has 0 rings (SSSR count). The zero-order valence-electron chi connectivity index (χ0n) is 6.45. The van der Waals surface area contributed by atoms with Crippen LogP contribution in [0.5, 0.6) is 0 Å². The van der Waals surface area contributed by atoms with Crippen molar-refractivity contribution in [1.29, 1.82) is 0 Å². The molecule has 0 saturated heterocycles. The van der Waals surface area contributed by atoms with Gasteiger partial charge in [-0.05, 0) is 13.3 Å². The van der Waals surface area contributed by atoms with Gasteiger partial charge in [-0.15, -0.1) is 0 Å². The summed E-state index contributed by atoms with van der Waals surface area (Å²) in [6, 6.07) is -0.863. The van der Waals surface area contributed by atoms with E-state index in [2.05, 4.69) is 0 Å². The maximum atomic E-state index is 10.2. The monoisotopic (exact) mass is 159 g/mol. The molecule has 0 amide bonds. The molecular formula is C7H13NO3. The molecule has 0 saturated carbocycles. The van der Waals surface area contributed by atoms with Gasteiger partial charge >= 0.3 is 5.97 Å². The molecule has 0 aromatic heterocycles. The fraction of sp³-hybridized carbons (Fsp3) is 0.571. The highest BCUT2D eigenvalue weighted by molar-refractivity contribution is 5.73. The van der Waals surface area contributed by atoms with Crippen LogP contribution in [0.4, 0.5) is 0 Å². The van der Waals surface area contributed by atoms with E-state index >= 15 is 0 Å². The van der Waals surface area contributed by atoms with Crippen molar-refractivity contribution >= 4 is 5.97 Å². The first kappa shape index (κ1) is 10.1. The van der Waals surface area contributed by atoms with Crippen molar-refractivity contribution in [3.8, 4) is 0 Å². The Labute approximate surface area is 65.3 Å². The van der Waals surface area contributed by atoms with Crippen LogP contribution in [0.15, 0.2) is 11.6 Å². The van der Waals surface area contributed by atoms with Crippen molar-refractivity contribution in [1.82, 2.24) is 0 Å².